The van der Waals surface area contributed by atoms with E-state index in [0.717, 1.165) is 5.69 Å². The van der Waals surface area contributed by atoms with Crippen molar-refractivity contribution in [2.75, 3.05) is 0 Å². The first-order valence-electron chi connectivity index (χ1n) is 5.15. The molecule has 1 aromatic carbocycles. The van der Waals surface area contributed by atoms with Gasteiger partial charge in [-0.2, -0.15) is 0 Å². The Kier molecular flexibility index (Phi) is 3.40. The summed E-state index contributed by atoms with van der Waals surface area (Å²) in [6.07, 6.45) is 5.06. The van der Waals surface area contributed by atoms with E-state index >= 15 is 0 Å². The Balaban J connectivity index is 2.27. The topological polar surface area (TPSA) is 37.0 Å². The molecule has 1 aromatic heterocycles. The van der Waals surface area contributed by atoms with Gasteiger partial charge in [0.25, 0.3) is 6.33 Å². The number of nitrogens with zero attached hydrogens (tertiary/aromatic N) is 2. The van der Waals surface area contributed by atoms with E-state index in [0.29, 0.717) is 10.6 Å². The molecule has 0 aliphatic rings. The molecule has 1 N–H and O–H groups in total. The van der Waals surface area contributed by atoms with Gasteiger partial charge >= 0.3 is 0 Å². The molecule has 0 fully saturated rings. The molecule has 0 aliphatic heterocycles. The number of aliphatic hydroxyl groups excluding tert-OH is 1. The van der Waals surface area contributed by atoms with Crippen molar-refractivity contribution in [3.63, 3.8) is 0 Å². The Morgan fingerprint density at radius 1 is 1.29 bits per heavy atom. The molecule has 0 saturated carbocycles. The SMILES string of the molecule is Cc1cc[n+](/C=C(/O)c2ccc(Cl)cc2)cn1. The average molecular weight is 248 g/mol. The molecule has 0 amide bonds. The molecule has 86 valence electrons. The smallest absolute Gasteiger partial charge is 0.291 e. The number of halogens is 1. The van der Waals surface area contributed by atoms with Crippen LogP contribution in [0.3, 0.4) is 0 Å². The van der Waals surface area contributed by atoms with Crippen LogP contribution in [0.1, 0.15) is 11.3 Å². The molecule has 0 atom stereocenters. The minimum atomic E-state index is 0.164. The highest BCUT2D eigenvalue weighted by Gasteiger charge is 2.02. The van der Waals surface area contributed by atoms with E-state index in [1.165, 1.54) is 0 Å². The zero-order chi connectivity index (χ0) is 12.3. The lowest BCUT2D eigenvalue weighted by atomic mass is 10.2. The van der Waals surface area contributed by atoms with Crippen molar-refractivity contribution in [2.24, 2.45) is 0 Å². The molecule has 3 nitrogen and oxygen atoms in total. The van der Waals surface area contributed by atoms with E-state index in [1.807, 2.05) is 19.2 Å². The number of benzene rings is 1. The number of hydrogen-bond acceptors (Lipinski definition) is 2. The minimum Gasteiger partial charge on any atom is -0.504 e. The molecule has 0 radical (unpaired) electrons. The summed E-state index contributed by atoms with van der Waals surface area (Å²) in [6, 6.07) is 8.86. The number of aryl methyl sites for hydroxylation is 1. The van der Waals surface area contributed by atoms with Crippen LogP contribution >= 0.6 is 11.6 Å². The van der Waals surface area contributed by atoms with Gasteiger partial charge < -0.3 is 5.11 Å². The highest BCUT2D eigenvalue weighted by atomic mass is 35.5. The van der Waals surface area contributed by atoms with Gasteiger partial charge in [0.05, 0.1) is 6.20 Å². The largest absolute Gasteiger partial charge is 0.504 e. The van der Waals surface area contributed by atoms with Crippen LogP contribution < -0.4 is 4.57 Å². The van der Waals surface area contributed by atoms with Crippen molar-refractivity contribution in [1.29, 1.82) is 0 Å². The Morgan fingerprint density at radius 3 is 2.59 bits per heavy atom. The van der Waals surface area contributed by atoms with Crippen LogP contribution in [0.5, 0.6) is 0 Å². The van der Waals surface area contributed by atoms with Crippen molar-refractivity contribution < 1.29 is 9.67 Å². The summed E-state index contributed by atoms with van der Waals surface area (Å²) in [7, 11) is 0. The summed E-state index contributed by atoms with van der Waals surface area (Å²) in [5, 5.41) is 10.5. The molecule has 0 saturated heterocycles. The Labute approximate surface area is 105 Å². The lowest BCUT2D eigenvalue weighted by Crippen LogP contribution is -2.26. The maximum absolute atomic E-state index is 9.90. The second-order valence-corrected chi connectivity index (χ2v) is 4.11. The fourth-order valence-electron chi connectivity index (χ4n) is 1.35. The molecule has 2 rings (SSSR count). The standard InChI is InChI=1S/C13H11ClN2O/c1-10-6-7-16(9-15-10)8-13(17)11-2-4-12(14)5-3-11/h2-9H,1H3/p+1/b13-8+. The van der Waals surface area contributed by atoms with Crippen molar-refractivity contribution in [2.45, 2.75) is 6.92 Å². The molecule has 1 heterocycles. The first kappa shape index (κ1) is 11.6. The van der Waals surface area contributed by atoms with Crippen molar-refractivity contribution in [3.05, 3.63) is 59.1 Å². The summed E-state index contributed by atoms with van der Waals surface area (Å²) >= 11 is 5.78. The monoisotopic (exact) mass is 247 g/mol. The molecule has 2 aromatic rings. The molecule has 0 unspecified atom stereocenters. The van der Waals surface area contributed by atoms with Gasteiger partial charge in [-0.25, -0.2) is 4.57 Å². The fraction of sp³-hybridized carbons (Fsp3) is 0.0769. The molecular formula is C13H12ClN2O+. The van der Waals surface area contributed by atoms with Crippen LogP contribution in [-0.4, -0.2) is 10.1 Å². The molecular weight excluding hydrogens is 236 g/mol. The second-order valence-electron chi connectivity index (χ2n) is 3.67. The van der Waals surface area contributed by atoms with Gasteiger partial charge in [-0.3, -0.25) is 0 Å². The zero-order valence-electron chi connectivity index (χ0n) is 9.34. The maximum Gasteiger partial charge on any atom is 0.291 e. The first-order valence-corrected chi connectivity index (χ1v) is 5.53. The second kappa shape index (κ2) is 4.97. The van der Waals surface area contributed by atoms with Crippen molar-refractivity contribution in [3.8, 4) is 0 Å². The summed E-state index contributed by atoms with van der Waals surface area (Å²) < 4.78 is 1.69. The Bertz CT molecular complexity index is 532. The maximum atomic E-state index is 9.90. The van der Waals surface area contributed by atoms with Gasteiger partial charge in [-0.15, -0.1) is 0 Å². The number of aromatic nitrogens is 2. The van der Waals surface area contributed by atoms with E-state index in [1.54, 1.807) is 41.4 Å². The van der Waals surface area contributed by atoms with Gasteiger partial charge in [0, 0.05) is 23.6 Å². The predicted molar refractivity (Wildman–Crippen MR) is 67.4 cm³/mol. The summed E-state index contributed by atoms with van der Waals surface area (Å²) in [6.45, 7) is 1.91. The van der Waals surface area contributed by atoms with Gasteiger partial charge in [0.15, 0.2) is 11.5 Å². The normalized spacial score (nSPS) is 11.5. The lowest BCUT2D eigenvalue weighted by Gasteiger charge is -1.99. The Hall–Kier alpha value is -1.87. The van der Waals surface area contributed by atoms with E-state index in [2.05, 4.69) is 4.98 Å². The highest BCUT2D eigenvalue weighted by molar-refractivity contribution is 6.30. The van der Waals surface area contributed by atoms with Crippen LogP contribution in [0.25, 0.3) is 12.0 Å². The zero-order valence-corrected chi connectivity index (χ0v) is 10.1. The third kappa shape index (κ3) is 3.04. The number of hydrogen-bond donors (Lipinski definition) is 1. The highest BCUT2D eigenvalue weighted by Crippen LogP contribution is 2.14. The van der Waals surface area contributed by atoms with Crippen LogP contribution in [0, 0.1) is 6.92 Å². The summed E-state index contributed by atoms with van der Waals surface area (Å²) in [4.78, 5) is 4.13. The summed E-state index contributed by atoms with van der Waals surface area (Å²) in [5.41, 5.74) is 1.64. The molecule has 0 aliphatic carbocycles. The van der Waals surface area contributed by atoms with Crippen molar-refractivity contribution >= 4 is 23.6 Å². The fourth-order valence-corrected chi connectivity index (χ4v) is 1.47. The molecule has 17 heavy (non-hydrogen) atoms. The predicted octanol–water partition coefficient (Wildman–Crippen LogP) is 2.84. The van der Waals surface area contributed by atoms with Crippen LogP contribution in [-0.2, 0) is 0 Å². The van der Waals surface area contributed by atoms with Crippen molar-refractivity contribution in [1.82, 2.24) is 4.98 Å². The average Bonchev–Trinajstić information content (AvgIpc) is 2.33. The minimum absolute atomic E-state index is 0.164. The third-order valence-electron chi connectivity index (χ3n) is 2.29. The van der Waals surface area contributed by atoms with E-state index in [-0.39, 0.29) is 5.76 Å². The van der Waals surface area contributed by atoms with Gasteiger partial charge in [-0.05, 0) is 24.3 Å². The summed E-state index contributed by atoms with van der Waals surface area (Å²) in [5.74, 6) is 0.164. The van der Waals surface area contributed by atoms with E-state index in [4.69, 9.17) is 11.6 Å². The number of aliphatic hydroxyl groups is 1. The third-order valence-corrected chi connectivity index (χ3v) is 2.55. The number of rotatable bonds is 2. The Morgan fingerprint density at radius 2 is 2.00 bits per heavy atom. The molecule has 0 spiro atoms. The molecule has 0 bridgehead atoms. The van der Waals surface area contributed by atoms with Gasteiger partial charge in [-0.1, -0.05) is 16.6 Å². The van der Waals surface area contributed by atoms with Crippen LogP contribution in [0.2, 0.25) is 5.02 Å². The van der Waals surface area contributed by atoms with E-state index < -0.39 is 0 Å². The van der Waals surface area contributed by atoms with Crippen LogP contribution in [0.4, 0.5) is 0 Å². The van der Waals surface area contributed by atoms with Crippen LogP contribution in [0.15, 0.2) is 42.9 Å². The van der Waals surface area contributed by atoms with E-state index in [9.17, 15) is 5.11 Å². The first-order chi connectivity index (χ1) is 8.15. The molecule has 4 heteroatoms. The van der Waals surface area contributed by atoms with Gasteiger partial charge in [0.2, 0.25) is 0 Å². The lowest BCUT2D eigenvalue weighted by molar-refractivity contribution is -0.571. The van der Waals surface area contributed by atoms with Gasteiger partial charge in [0.1, 0.15) is 6.20 Å². The quantitative estimate of drug-likeness (QED) is 0.655.